The van der Waals surface area contributed by atoms with E-state index in [1.807, 2.05) is 4.90 Å². The number of ether oxygens (including phenoxy) is 1. The first-order valence-corrected chi connectivity index (χ1v) is 5.67. The molecule has 0 aliphatic heterocycles. The number of hydrogen-bond acceptors (Lipinski definition) is 5. The van der Waals surface area contributed by atoms with E-state index in [4.69, 9.17) is 21.6 Å². The second kappa shape index (κ2) is 7.05. The van der Waals surface area contributed by atoms with Gasteiger partial charge in [0.25, 0.3) is 0 Å². The third-order valence-electron chi connectivity index (χ3n) is 2.18. The Hall–Kier alpha value is -1.38. The van der Waals surface area contributed by atoms with E-state index in [1.165, 1.54) is 0 Å². The van der Waals surface area contributed by atoms with Crippen molar-refractivity contribution in [3.63, 3.8) is 0 Å². The van der Waals surface area contributed by atoms with Gasteiger partial charge in [-0.2, -0.15) is 5.26 Å². The number of rotatable bonds is 6. The van der Waals surface area contributed by atoms with Crippen molar-refractivity contribution in [2.24, 2.45) is 0 Å². The van der Waals surface area contributed by atoms with Gasteiger partial charge in [0, 0.05) is 26.3 Å². The van der Waals surface area contributed by atoms with Crippen LogP contribution in [0.1, 0.15) is 12.2 Å². The van der Waals surface area contributed by atoms with Crippen LogP contribution in [0.25, 0.3) is 0 Å². The maximum Gasteiger partial charge on any atom is 0.134 e. The lowest BCUT2D eigenvalue weighted by atomic mass is 10.3. The summed E-state index contributed by atoms with van der Waals surface area (Å²) in [6.45, 7) is 3.64. The summed E-state index contributed by atoms with van der Waals surface area (Å²) < 4.78 is 5.03. The Bertz CT molecular complexity index is 385. The highest BCUT2D eigenvalue weighted by Crippen LogP contribution is 2.16. The summed E-state index contributed by atoms with van der Waals surface area (Å²) >= 11 is 5.89. The highest BCUT2D eigenvalue weighted by atomic mass is 35.5. The van der Waals surface area contributed by atoms with Crippen molar-refractivity contribution in [3.05, 3.63) is 17.0 Å². The van der Waals surface area contributed by atoms with E-state index < -0.39 is 0 Å². The van der Waals surface area contributed by atoms with Crippen molar-refractivity contribution in [3.8, 4) is 6.07 Å². The second-order valence-corrected chi connectivity index (χ2v) is 3.87. The number of aryl methyl sites for hydroxylation is 1. The number of aromatic nitrogens is 2. The van der Waals surface area contributed by atoms with Crippen LogP contribution in [0, 0.1) is 18.3 Å². The molecule has 1 heterocycles. The molecule has 1 rings (SSSR count). The molecular formula is C11H15ClN4O. The molecule has 0 aliphatic carbocycles. The summed E-state index contributed by atoms with van der Waals surface area (Å²) in [5.41, 5.74) is 0. The van der Waals surface area contributed by atoms with Gasteiger partial charge < -0.3 is 9.64 Å². The molecule has 6 heteroatoms. The molecule has 1 aromatic rings. The Morgan fingerprint density at radius 2 is 2.24 bits per heavy atom. The van der Waals surface area contributed by atoms with Gasteiger partial charge in [0.2, 0.25) is 0 Å². The maximum absolute atomic E-state index is 8.63. The molecule has 0 unspecified atom stereocenters. The molecule has 0 fully saturated rings. The highest BCUT2D eigenvalue weighted by Gasteiger charge is 2.09. The van der Waals surface area contributed by atoms with Gasteiger partial charge in [-0.1, -0.05) is 11.6 Å². The van der Waals surface area contributed by atoms with Crippen molar-refractivity contribution in [2.45, 2.75) is 13.3 Å². The van der Waals surface area contributed by atoms with Crippen LogP contribution in [0.2, 0.25) is 5.15 Å². The Balaban J connectivity index is 2.83. The number of hydrogen-bond donors (Lipinski definition) is 0. The van der Waals surface area contributed by atoms with Gasteiger partial charge in [0.1, 0.15) is 16.8 Å². The minimum absolute atomic E-state index is 0.409. The molecule has 0 atom stereocenters. The second-order valence-electron chi connectivity index (χ2n) is 3.48. The monoisotopic (exact) mass is 254 g/mol. The van der Waals surface area contributed by atoms with E-state index in [9.17, 15) is 0 Å². The standard InChI is InChI=1S/C11H15ClN4O/c1-9-14-10(12)8-11(15-9)16(5-3-4-13)6-7-17-2/h8H,3,5-7H2,1-2H3. The zero-order chi connectivity index (χ0) is 12.7. The van der Waals surface area contributed by atoms with Crippen LogP contribution < -0.4 is 4.90 Å². The van der Waals surface area contributed by atoms with Gasteiger partial charge in [0.05, 0.1) is 19.1 Å². The molecular weight excluding hydrogens is 240 g/mol. The topological polar surface area (TPSA) is 62.0 Å². The van der Waals surface area contributed by atoms with Gasteiger partial charge in [-0.15, -0.1) is 0 Å². The van der Waals surface area contributed by atoms with Gasteiger partial charge in [-0.05, 0) is 6.92 Å². The summed E-state index contributed by atoms with van der Waals surface area (Å²) in [7, 11) is 1.64. The first-order chi connectivity index (χ1) is 8.17. The van der Waals surface area contributed by atoms with E-state index in [0.29, 0.717) is 37.1 Å². The van der Waals surface area contributed by atoms with Crippen molar-refractivity contribution in [1.29, 1.82) is 5.26 Å². The van der Waals surface area contributed by atoms with Gasteiger partial charge in [-0.3, -0.25) is 0 Å². The quantitative estimate of drug-likeness (QED) is 0.725. The molecule has 0 radical (unpaired) electrons. The smallest absolute Gasteiger partial charge is 0.134 e. The lowest BCUT2D eigenvalue weighted by molar-refractivity contribution is 0.205. The SMILES string of the molecule is COCCN(CCC#N)c1cc(Cl)nc(C)n1. The fourth-order valence-corrected chi connectivity index (χ4v) is 1.63. The minimum Gasteiger partial charge on any atom is -0.383 e. The number of nitrogens with zero attached hydrogens (tertiary/aromatic N) is 4. The molecule has 0 N–H and O–H groups in total. The average molecular weight is 255 g/mol. The fourth-order valence-electron chi connectivity index (χ4n) is 1.41. The average Bonchev–Trinajstić information content (AvgIpc) is 2.28. The molecule has 5 nitrogen and oxygen atoms in total. The van der Waals surface area contributed by atoms with Crippen molar-refractivity contribution >= 4 is 17.4 Å². The van der Waals surface area contributed by atoms with Crippen LogP contribution in [0.4, 0.5) is 5.82 Å². The Morgan fingerprint density at radius 3 is 2.82 bits per heavy atom. The summed E-state index contributed by atoms with van der Waals surface area (Å²) in [5.74, 6) is 1.35. The molecule has 92 valence electrons. The summed E-state index contributed by atoms with van der Waals surface area (Å²) in [5, 5.41) is 9.04. The summed E-state index contributed by atoms with van der Waals surface area (Å²) in [6.07, 6.45) is 0.435. The first kappa shape index (κ1) is 13.7. The van der Waals surface area contributed by atoms with E-state index in [-0.39, 0.29) is 0 Å². The molecule has 17 heavy (non-hydrogen) atoms. The maximum atomic E-state index is 8.63. The van der Waals surface area contributed by atoms with Crippen molar-refractivity contribution in [2.75, 3.05) is 31.7 Å². The van der Waals surface area contributed by atoms with Crippen LogP contribution in [0.3, 0.4) is 0 Å². The molecule has 0 saturated heterocycles. The molecule has 1 aromatic heterocycles. The predicted molar refractivity (Wildman–Crippen MR) is 66.1 cm³/mol. The number of methoxy groups -OCH3 is 1. The molecule has 0 bridgehead atoms. The summed E-state index contributed by atoms with van der Waals surface area (Å²) in [6, 6.07) is 3.81. The third kappa shape index (κ3) is 4.55. The Labute approximate surface area is 106 Å². The van der Waals surface area contributed by atoms with E-state index >= 15 is 0 Å². The van der Waals surface area contributed by atoms with Crippen LogP contribution in [0.5, 0.6) is 0 Å². The molecule has 0 aromatic carbocycles. The lowest BCUT2D eigenvalue weighted by Crippen LogP contribution is -2.29. The van der Waals surface area contributed by atoms with Crippen molar-refractivity contribution < 1.29 is 4.74 Å². The summed E-state index contributed by atoms with van der Waals surface area (Å²) in [4.78, 5) is 10.3. The van der Waals surface area contributed by atoms with Crippen LogP contribution >= 0.6 is 11.6 Å². The lowest BCUT2D eigenvalue weighted by Gasteiger charge is -2.22. The molecule has 0 aliphatic rings. The van der Waals surface area contributed by atoms with Crippen LogP contribution in [0.15, 0.2) is 6.07 Å². The third-order valence-corrected chi connectivity index (χ3v) is 2.37. The minimum atomic E-state index is 0.409. The fraction of sp³-hybridized carbons (Fsp3) is 0.545. The van der Waals surface area contributed by atoms with Gasteiger partial charge in [-0.25, -0.2) is 9.97 Å². The van der Waals surface area contributed by atoms with Crippen LogP contribution in [-0.2, 0) is 4.74 Å². The molecule has 0 amide bonds. The van der Waals surface area contributed by atoms with Gasteiger partial charge >= 0.3 is 0 Å². The zero-order valence-corrected chi connectivity index (χ0v) is 10.7. The van der Waals surface area contributed by atoms with Gasteiger partial charge in [0.15, 0.2) is 0 Å². The Morgan fingerprint density at radius 1 is 1.47 bits per heavy atom. The number of anilines is 1. The zero-order valence-electron chi connectivity index (χ0n) is 9.98. The van der Waals surface area contributed by atoms with E-state index in [1.54, 1.807) is 20.1 Å². The van der Waals surface area contributed by atoms with Crippen molar-refractivity contribution in [1.82, 2.24) is 9.97 Å². The Kier molecular flexibility index (Phi) is 5.67. The molecule has 0 saturated carbocycles. The number of halogens is 1. The normalized spacial score (nSPS) is 10.0. The van der Waals surface area contributed by atoms with Crippen LogP contribution in [-0.4, -0.2) is 36.8 Å². The first-order valence-electron chi connectivity index (χ1n) is 5.29. The predicted octanol–water partition coefficient (Wildman–Crippen LogP) is 1.80. The largest absolute Gasteiger partial charge is 0.383 e. The number of nitriles is 1. The van der Waals surface area contributed by atoms with E-state index in [0.717, 1.165) is 5.82 Å². The van der Waals surface area contributed by atoms with E-state index in [2.05, 4.69) is 16.0 Å². The molecule has 0 spiro atoms. The highest BCUT2D eigenvalue weighted by molar-refractivity contribution is 6.29.